The van der Waals surface area contributed by atoms with Crippen LogP contribution >= 0.6 is 0 Å². The molecule has 0 fully saturated rings. The Morgan fingerprint density at radius 1 is 1.53 bits per heavy atom. The molecule has 0 saturated heterocycles. The Morgan fingerprint density at radius 3 is 2.68 bits per heavy atom. The lowest BCUT2D eigenvalue weighted by Gasteiger charge is -2.07. The Bertz CT molecular complexity index is 610. The summed E-state index contributed by atoms with van der Waals surface area (Å²) in [7, 11) is 0. The Balaban J connectivity index is 2.58. The maximum absolute atomic E-state index is 11.4. The molecule has 1 atom stereocenters. The van der Waals surface area contributed by atoms with Gasteiger partial charge < -0.3 is 9.52 Å². The fraction of sp³-hybridized carbons (Fsp3) is 0.429. The Kier molecular flexibility index (Phi) is 3.46. The second kappa shape index (κ2) is 4.91. The lowest BCUT2D eigenvalue weighted by molar-refractivity contribution is 0.0697. The number of aromatic nitrogens is 2. The third-order valence-corrected chi connectivity index (χ3v) is 3.30. The van der Waals surface area contributed by atoms with Crippen molar-refractivity contribution in [3.8, 4) is 11.3 Å². The number of nitrogens with zero attached hydrogens (tertiary/aromatic N) is 2. The molecule has 1 unspecified atom stereocenters. The Labute approximate surface area is 111 Å². The molecule has 0 aliphatic heterocycles. The van der Waals surface area contributed by atoms with Crippen molar-refractivity contribution in [3.05, 3.63) is 29.3 Å². The average Bonchev–Trinajstić information content (AvgIpc) is 2.91. The molecular weight excluding hydrogens is 244 g/mol. The minimum atomic E-state index is -0.970. The highest BCUT2D eigenvalue weighted by molar-refractivity contribution is 5.94. The number of furan rings is 1. The van der Waals surface area contributed by atoms with Gasteiger partial charge in [-0.15, -0.1) is 0 Å². The van der Waals surface area contributed by atoms with Gasteiger partial charge in [0.05, 0.1) is 0 Å². The first-order valence-corrected chi connectivity index (χ1v) is 6.33. The van der Waals surface area contributed by atoms with Gasteiger partial charge in [-0.25, -0.2) is 4.79 Å². The van der Waals surface area contributed by atoms with Crippen LogP contribution in [0, 0.1) is 13.8 Å². The van der Waals surface area contributed by atoms with Crippen LogP contribution in [0.3, 0.4) is 0 Å². The number of rotatable bonds is 4. The average molecular weight is 262 g/mol. The second-order valence-electron chi connectivity index (χ2n) is 4.76. The van der Waals surface area contributed by atoms with Crippen molar-refractivity contribution < 1.29 is 14.3 Å². The van der Waals surface area contributed by atoms with Gasteiger partial charge >= 0.3 is 5.97 Å². The zero-order chi connectivity index (χ0) is 14.2. The lowest BCUT2D eigenvalue weighted by Crippen LogP contribution is -2.04. The van der Waals surface area contributed by atoms with E-state index in [4.69, 9.17) is 4.42 Å². The van der Waals surface area contributed by atoms with E-state index in [1.165, 1.54) is 0 Å². The van der Waals surface area contributed by atoms with Crippen LogP contribution < -0.4 is 0 Å². The maximum atomic E-state index is 11.4. The van der Waals surface area contributed by atoms with E-state index in [1.807, 2.05) is 33.8 Å². The largest absolute Gasteiger partial charge is 0.478 e. The summed E-state index contributed by atoms with van der Waals surface area (Å²) in [4.78, 5) is 11.4. The van der Waals surface area contributed by atoms with Crippen molar-refractivity contribution in [2.75, 3.05) is 0 Å². The third kappa shape index (κ3) is 2.41. The predicted molar refractivity (Wildman–Crippen MR) is 71.4 cm³/mol. The van der Waals surface area contributed by atoms with Crippen LogP contribution in [-0.4, -0.2) is 20.9 Å². The van der Waals surface area contributed by atoms with Gasteiger partial charge in [-0.2, -0.15) is 5.10 Å². The van der Waals surface area contributed by atoms with Crippen LogP contribution in [0.4, 0.5) is 0 Å². The molecule has 0 aliphatic rings. The summed E-state index contributed by atoms with van der Waals surface area (Å²) in [5.41, 5.74) is 1.43. The molecular formula is C14H18N2O3. The summed E-state index contributed by atoms with van der Waals surface area (Å²) < 4.78 is 7.17. The summed E-state index contributed by atoms with van der Waals surface area (Å²) in [5.74, 6) is 0.471. The molecule has 2 aromatic heterocycles. The molecule has 0 aliphatic carbocycles. The van der Waals surface area contributed by atoms with Gasteiger partial charge in [0.15, 0.2) is 0 Å². The van der Waals surface area contributed by atoms with Crippen molar-refractivity contribution in [2.24, 2.45) is 0 Å². The number of hydrogen-bond acceptors (Lipinski definition) is 3. The molecule has 0 bridgehead atoms. The van der Waals surface area contributed by atoms with Crippen LogP contribution in [0.25, 0.3) is 11.3 Å². The van der Waals surface area contributed by atoms with E-state index in [2.05, 4.69) is 5.10 Å². The zero-order valence-electron chi connectivity index (χ0n) is 11.6. The third-order valence-electron chi connectivity index (χ3n) is 3.30. The molecule has 5 nitrogen and oxygen atoms in total. The quantitative estimate of drug-likeness (QED) is 0.916. The van der Waals surface area contributed by atoms with Gasteiger partial charge in [0.2, 0.25) is 0 Å². The van der Waals surface area contributed by atoms with Crippen molar-refractivity contribution in [1.82, 2.24) is 9.78 Å². The van der Waals surface area contributed by atoms with E-state index < -0.39 is 5.97 Å². The first-order chi connectivity index (χ1) is 8.93. The molecule has 102 valence electrons. The van der Waals surface area contributed by atoms with E-state index in [0.29, 0.717) is 11.5 Å². The van der Waals surface area contributed by atoms with E-state index in [0.717, 1.165) is 17.7 Å². The molecule has 2 rings (SSSR count). The van der Waals surface area contributed by atoms with Gasteiger partial charge in [-0.05, 0) is 33.3 Å². The minimum Gasteiger partial charge on any atom is -0.478 e. The van der Waals surface area contributed by atoms with Gasteiger partial charge in [0, 0.05) is 17.8 Å². The van der Waals surface area contributed by atoms with Crippen LogP contribution in [-0.2, 0) is 0 Å². The van der Waals surface area contributed by atoms with E-state index in [9.17, 15) is 9.90 Å². The first-order valence-electron chi connectivity index (χ1n) is 6.33. The van der Waals surface area contributed by atoms with Crippen LogP contribution in [0.2, 0.25) is 0 Å². The summed E-state index contributed by atoms with van der Waals surface area (Å²) in [6.07, 6.45) is 2.48. The maximum Gasteiger partial charge on any atom is 0.339 e. The summed E-state index contributed by atoms with van der Waals surface area (Å²) in [5, 5.41) is 13.7. The van der Waals surface area contributed by atoms with Crippen molar-refractivity contribution in [2.45, 2.75) is 40.2 Å². The zero-order valence-corrected chi connectivity index (χ0v) is 11.6. The minimum absolute atomic E-state index is 0.167. The fourth-order valence-electron chi connectivity index (χ4n) is 2.03. The Hall–Kier alpha value is -2.04. The summed E-state index contributed by atoms with van der Waals surface area (Å²) in [6.45, 7) is 7.70. The van der Waals surface area contributed by atoms with Crippen molar-refractivity contribution in [1.29, 1.82) is 0 Å². The number of carbonyl (C=O) groups is 1. The van der Waals surface area contributed by atoms with Crippen LogP contribution in [0.1, 0.15) is 48.2 Å². The van der Waals surface area contributed by atoms with E-state index in [-0.39, 0.29) is 11.6 Å². The molecule has 0 spiro atoms. The molecule has 0 aromatic carbocycles. The number of carboxylic acid groups (broad SMARTS) is 1. The summed E-state index contributed by atoms with van der Waals surface area (Å²) >= 11 is 0. The number of aryl methyl sites for hydroxylation is 2. The van der Waals surface area contributed by atoms with Gasteiger partial charge in [0.1, 0.15) is 22.8 Å². The monoisotopic (exact) mass is 262 g/mol. The number of aromatic carboxylic acids is 1. The molecule has 1 N–H and O–H groups in total. The topological polar surface area (TPSA) is 68.3 Å². The molecule has 0 radical (unpaired) electrons. The predicted octanol–water partition coefficient (Wildman–Crippen LogP) is 3.43. The van der Waals surface area contributed by atoms with E-state index >= 15 is 0 Å². The molecule has 2 aromatic rings. The molecule has 19 heavy (non-hydrogen) atoms. The molecule has 0 saturated carbocycles. The SMILES string of the molecule is CCC(C)n1cc(C(=O)O)c(-c2cc(C)oc2C)n1. The van der Waals surface area contributed by atoms with Gasteiger partial charge in [0.25, 0.3) is 0 Å². The van der Waals surface area contributed by atoms with Crippen LogP contribution in [0.15, 0.2) is 16.7 Å². The van der Waals surface area contributed by atoms with Gasteiger partial charge in [-0.1, -0.05) is 6.92 Å². The smallest absolute Gasteiger partial charge is 0.339 e. The number of carboxylic acids is 1. The molecule has 0 amide bonds. The number of hydrogen-bond donors (Lipinski definition) is 1. The lowest BCUT2D eigenvalue weighted by atomic mass is 10.1. The van der Waals surface area contributed by atoms with E-state index in [1.54, 1.807) is 10.9 Å². The highest BCUT2D eigenvalue weighted by Crippen LogP contribution is 2.29. The fourth-order valence-corrected chi connectivity index (χ4v) is 2.03. The highest BCUT2D eigenvalue weighted by Gasteiger charge is 2.21. The molecule has 5 heteroatoms. The van der Waals surface area contributed by atoms with Crippen molar-refractivity contribution >= 4 is 5.97 Å². The first kappa shape index (κ1) is 13.4. The second-order valence-corrected chi connectivity index (χ2v) is 4.76. The normalized spacial score (nSPS) is 12.6. The van der Waals surface area contributed by atoms with Gasteiger partial charge in [-0.3, -0.25) is 4.68 Å². The highest BCUT2D eigenvalue weighted by atomic mass is 16.4. The van der Waals surface area contributed by atoms with Crippen LogP contribution in [0.5, 0.6) is 0 Å². The summed E-state index contributed by atoms with van der Waals surface area (Å²) in [6, 6.07) is 1.99. The molecule has 2 heterocycles. The Morgan fingerprint density at radius 2 is 2.21 bits per heavy atom. The van der Waals surface area contributed by atoms with Crippen molar-refractivity contribution in [3.63, 3.8) is 0 Å². The standard InChI is InChI=1S/C14H18N2O3/c1-5-8(2)16-7-12(14(17)18)13(15-16)11-6-9(3)19-10(11)4/h6-8H,5H2,1-4H3,(H,17,18).